The van der Waals surface area contributed by atoms with Crippen molar-refractivity contribution in [3.05, 3.63) is 24.0 Å². The molecule has 3 rings (SSSR count). The number of anilines is 1. The first kappa shape index (κ1) is 12.7. The molecule has 2 aliphatic rings. The lowest BCUT2D eigenvalue weighted by atomic mass is 10.0. The number of methoxy groups -OCH3 is 1. The first-order valence-corrected chi connectivity index (χ1v) is 6.59. The van der Waals surface area contributed by atoms with Crippen molar-refractivity contribution in [3.8, 4) is 5.75 Å². The van der Waals surface area contributed by atoms with Crippen LogP contribution in [0.2, 0.25) is 0 Å². The summed E-state index contributed by atoms with van der Waals surface area (Å²) >= 11 is 0. The van der Waals surface area contributed by atoms with Crippen molar-refractivity contribution < 1.29 is 18.6 Å². The Morgan fingerprint density at radius 3 is 2.53 bits per heavy atom. The quantitative estimate of drug-likeness (QED) is 0.822. The van der Waals surface area contributed by atoms with Gasteiger partial charge in [0, 0.05) is 32.0 Å². The summed E-state index contributed by atoms with van der Waals surface area (Å²) in [7, 11) is 1.59. The average Bonchev–Trinajstić information content (AvgIpc) is 2.89. The molecular weight excluding hydrogens is 249 g/mol. The van der Waals surface area contributed by atoms with Gasteiger partial charge in [0.25, 0.3) is 0 Å². The van der Waals surface area contributed by atoms with E-state index in [1.165, 1.54) is 6.07 Å². The molecule has 0 unspecified atom stereocenters. The molecule has 2 saturated heterocycles. The van der Waals surface area contributed by atoms with E-state index in [1.54, 1.807) is 19.2 Å². The lowest BCUT2D eigenvalue weighted by Crippen LogP contribution is -2.45. The Morgan fingerprint density at radius 1 is 1.21 bits per heavy atom. The lowest BCUT2D eigenvalue weighted by Gasteiger charge is -2.38. The smallest absolute Gasteiger partial charge is 0.171 e. The number of rotatable bonds is 2. The molecule has 0 atom stereocenters. The SMILES string of the molecule is COc1ccc(F)c(N2CCC3(CC2)OCCO3)c1. The van der Waals surface area contributed by atoms with E-state index in [2.05, 4.69) is 0 Å². The Kier molecular flexibility index (Phi) is 3.33. The first-order valence-electron chi connectivity index (χ1n) is 6.59. The zero-order valence-electron chi connectivity index (χ0n) is 11.0. The molecule has 0 aromatic heterocycles. The minimum atomic E-state index is -0.425. The molecule has 0 radical (unpaired) electrons. The molecule has 19 heavy (non-hydrogen) atoms. The predicted molar refractivity (Wildman–Crippen MR) is 69.0 cm³/mol. The summed E-state index contributed by atoms with van der Waals surface area (Å²) in [4.78, 5) is 2.02. The molecule has 0 amide bonds. The summed E-state index contributed by atoms with van der Waals surface area (Å²) in [6.45, 7) is 2.77. The molecule has 4 nitrogen and oxygen atoms in total. The zero-order chi connectivity index (χ0) is 13.3. The van der Waals surface area contributed by atoms with E-state index in [0.717, 1.165) is 25.9 Å². The number of hydrogen-bond acceptors (Lipinski definition) is 4. The van der Waals surface area contributed by atoms with E-state index in [0.29, 0.717) is 24.7 Å². The standard InChI is InChI=1S/C14H18FNO3/c1-17-11-2-3-12(15)13(10-11)16-6-4-14(5-7-16)18-8-9-19-14/h2-3,10H,4-9H2,1H3. The largest absolute Gasteiger partial charge is 0.497 e. The fourth-order valence-corrected chi connectivity index (χ4v) is 2.74. The number of ether oxygens (including phenoxy) is 3. The molecule has 2 fully saturated rings. The molecular formula is C14H18FNO3. The van der Waals surface area contributed by atoms with Crippen LogP contribution in [0, 0.1) is 5.82 Å². The minimum Gasteiger partial charge on any atom is -0.497 e. The van der Waals surface area contributed by atoms with Gasteiger partial charge in [0.05, 0.1) is 26.0 Å². The summed E-state index contributed by atoms with van der Waals surface area (Å²) in [6.07, 6.45) is 1.54. The highest BCUT2D eigenvalue weighted by Crippen LogP contribution is 2.34. The van der Waals surface area contributed by atoms with Crippen LogP contribution in [0.3, 0.4) is 0 Å². The summed E-state index contributed by atoms with van der Waals surface area (Å²) in [6, 6.07) is 4.82. The van der Waals surface area contributed by atoms with Crippen molar-refractivity contribution in [2.24, 2.45) is 0 Å². The van der Waals surface area contributed by atoms with Crippen LogP contribution in [0.4, 0.5) is 10.1 Å². The highest BCUT2D eigenvalue weighted by molar-refractivity contribution is 5.52. The Hall–Kier alpha value is -1.33. The second-order valence-electron chi connectivity index (χ2n) is 4.91. The zero-order valence-corrected chi connectivity index (χ0v) is 11.0. The molecule has 2 aliphatic heterocycles. The highest BCUT2D eigenvalue weighted by Gasteiger charge is 2.40. The van der Waals surface area contributed by atoms with E-state index >= 15 is 0 Å². The van der Waals surface area contributed by atoms with E-state index in [-0.39, 0.29) is 5.82 Å². The molecule has 0 aliphatic carbocycles. The number of nitrogens with zero attached hydrogens (tertiary/aromatic N) is 1. The average molecular weight is 267 g/mol. The number of benzene rings is 1. The summed E-state index contributed by atoms with van der Waals surface area (Å²) in [5.74, 6) is 0.0290. The third-order valence-corrected chi connectivity index (χ3v) is 3.83. The fraction of sp³-hybridized carbons (Fsp3) is 0.571. The van der Waals surface area contributed by atoms with Crippen LogP contribution in [0.1, 0.15) is 12.8 Å². The predicted octanol–water partition coefficient (Wildman–Crippen LogP) is 2.18. The molecule has 0 saturated carbocycles. The topological polar surface area (TPSA) is 30.9 Å². The van der Waals surface area contributed by atoms with Crippen LogP contribution in [0.5, 0.6) is 5.75 Å². The van der Waals surface area contributed by atoms with E-state index < -0.39 is 5.79 Å². The van der Waals surface area contributed by atoms with Gasteiger partial charge in [-0.25, -0.2) is 4.39 Å². The van der Waals surface area contributed by atoms with Crippen molar-refractivity contribution in [3.63, 3.8) is 0 Å². The van der Waals surface area contributed by atoms with E-state index in [1.807, 2.05) is 4.90 Å². The third-order valence-electron chi connectivity index (χ3n) is 3.83. The van der Waals surface area contributed by atoms with Gasteiger partial charge in [0.2, 0.25) is 0 Å². The molecule has 0 N–H and O–H groups in total. The van der Waals surface area contributed by atoms with Gasteiger partial charge in [-0.2, -0.15) is 0 Å². The second-order valence-corrected chi connectivity index (χ2v) is 4.91. The summed E-state index contributed by atoms with van der Waals surface area (Å²) in [5, 5.41) is 0. The second kappa shape index (κ2) is 4.98. The Balaban J connectivity index is 1.74. The normalized spacial score (nSPS) is 21.9. The van der Waals surface area contributed by atoms with Crippen LogP contribution in [-0.2, 0) is 9.47 Å². The van der Waals surface area contributed by atoms with Crippen molar-refractivity contribution in [1.29, 1.82) is 0 Å². The monoisotopic (exact) mass is 267 g/mol. The highest BCUT2D eigenvalue weighted by atomic mass is 19.1. The maximum absolute atomic E-state index is 13.9. The van der Waals surface area contributed by atoms with Gasteiger partial charge < -0.3 is 19.1 Å². The Bertz CT molecular complexity index is 450. The maximum atomic E-state index is 13.9. The number of hydrogen-bond donors (Lipinski definition) is 0. The van der Waals surface area contributed by atoms with Gasteiger partial charge in [0.1, 0.15) is 11.6 Å². The number of halogens is 1. The third kappa shape index (κ3) is 2.40. The Labute approximate surface area is 112 Å². The van der Waals surface area contributed by atoms with Gasteiger partial charge in [-0.15, -0.1) is 0 Å². The summed E-state index contributed by atoms with van der Waals surface area (Å²) in [5.41, 5.74) is 0.590. The van der Waals surface area contributed by atoms with Gasteiger partial charge >= 0.3 is 0 Å². The van der Waals surface area contributed by atoms with Crippen LogP contribution >= 0.6 is 0 Å². The van der Waals surface area contributed by atoms with Crippen LogP contribution < -0.4 is 9.64 Å². The van der Waals surface area contributed by atoms with Crippen molar-refractivity contribution >= 4 is 5.69 Å². The van der Waals surface area contributed by atoms with E-state index in [4.69, 9.17) is 14.2 Å². The van der Waals surface area contributed by atoms with Crippen molar-refractivity contribution in [2.45, 2.75) is 18.6 Å². The molecule has 1 aromatic carbocycles. The van der Waals surface area contributed by atoms with Crippen LogP contribution in [0.25, 0.3) is 0 Å². The van der Waals surface area contributed by atoms with Crippen molar-refractivity contribution in [2.75, 3.05) is 38.3 Å². The molecule has 2 heterocycles. The molecule has 1 aromatic rings. The lowest BCUT2D eigenvalue weighted by molar-refractivity contribution is -0.169. The molecule has 5 heteroatoms. The molecule has 104 valence electrons. The summed E-state index contributed by atoms with van der Waals surface area (Å²) < 4.78 is 30.4. The van der Waals surface area contributed by atoms with Crippen LogP contribution in [0.15, 0.2) is 18.2 Å². The first-order chi connectivity index (χ1) is 9.22. The van der Waals surface area contributed by atoms with Gasteiger partial charge in [-0.1, -0.05) is 0 Å². The maximum Gasteiger partial charge on any atom is 0.171 e. The van der Waals surface area contributed by atoms with Gasteiger partial charge in [0.15, 0.2) is 5.79 Å². The van der Waals surface area contributed by atoms with Crippen LogP contribution in [-0.4, -0.2) is 39.2 Å². The Morgan fingerprint density at radius 2 is 1.89 bits per heavy atom. The molecule has 1 spiro atoms. The fourth-order valence-electron chi connectivity index (χ4n) is 2.74. The van der Waals surface area contributed by atoms with Gasteiger partial charge in [-0.05, 0) is 12.1 Å². The van der Waals surface area contributed by atoms with E-state index in [9.17, 15) is 4.39 Å². The number of piperidine rings is 1. The minimum absolute atomic E-state index is 0.218. The van der Waals surface area contributed by atoms with Crippen molar-refractivity contribution in [1.82, 2.24) is 0 Å². The molecule has 0 bridgehead atoms. The van der Waals surface area contributed by atoms with Gasteiger partial charge in [-0.3, -0.25) is 0 Å².